The number of alkyl halides is 2. The third-order valence-electron chi connectivity index (χ3n) is 0.788. The van der Waals surface area contributed by atoms with Crippen LogP contribution in [-0.2, 0) is 0 Å². The van der Waals surface area contributed by atoms with Crippen molar-refractivity contribution < 1.29 is 8.78 Å². The smallest absolute Gasteiger partial charge is 0.235 e. The van der Waals surface area contributed by atoms with Crippen molar-refractivity contribution in [1.82, 2.24) is 9.97 Å². The zero-order valence-corrected chi connectivity index (χ0v) is 6.27. The minimum Gasteiger partial charge on any atom is -0.235 e. The van der Waals surface area contributed by atoms with Gasteiger partial charge in [0.2, 0.25) is 0 Å². The van der Waals surface area contributed by atoms with Gasteiger partial charge in [-0.05, 0) is 15.9 Å². The summed E-state index contributed by atoms with van der Waals surface area (Å²) in [7, 11) is 0. The minimum absolute atomic E-state index is 0.248. The van der Waals surface area contributed by atoms with Gasteiger partial charge in [-0.1, -0.05) is 0 Å². The Labute approximate surface area is 64.4 Å². The van der Waals surface area contributed by atoms with Crippen molar-refractivity contribution in [3.63, 3.8) is 0 Å². The fourth-order valence-electron chi connectivity index (χ4n) is 0.419. The predicted molar refractivity (Wildman–Crippen MR) is 33.5 cm³/mol. The van der Waals surface area contributed by atoms with E-state index in [2.05, 4.69) is 32.0 Å². The van der Waals surface area contributed by atoms with Crippen LogP contribution in [0.2, 0.25) is 0 Å². The van der Waals surface area contributed by atoms with Crippen LogP contribution in [0.4, 0.5) is 8.78 Å². The highest BCUT2D eigenvalue weighted by molar-refractivity contribution is 9.10. The molecule has 0 N–H and O–H groups in total. The molecule has 1 radical (unpaired) electrons. The van der Waals surface area contributed by atoms with Crippen molar-refractivity contribution in [3.05, 3.63) is 22.7 Å². The molecule has 0 aliphatic rings. The minimum atomic E-state index is -2.62. The molecule has 0 aliphatic heterocycles. The van der Waals surface area contributed by atoms with Gasteiger partial charge in [-0.3, -0.25) is 0 Å². The second kappa shape index (κ2) is 3.01. The molecule has 1 aromatic rings. The lowest BCUT2D eigenvalue weighted by Gasteiger charge is -1.94. The van der Waals surface area contributed by atoms with Gasteiger partial charge in [0.1, 0.15) is 4.60 Å². The summed E-state index contributed by atoms with van der Waals surface area (Å²) in [5.41, 5.74) is 0. The van der Waals surface area contributed by atoms with Crippen LogP contribution in [0.1, 0.15) is 12.2 Å². The molecule has 0 aliphatic carbocycles. The number of rotatable bonds is 1. The molecular formula is C5H2BrF2N2. The van der Waals surface area contributed by atoms with Gasteiger partial charge in [-0.15, -0.1) is 0 Å². The van der Waals surface area contributed by atoms with Crippen molar-refractivity contribution in [1.29, 1.82) is 0 Å². The first-order chi connectivity index (χ1) is 4.70. The van der Waals surface area contributed by atoms with Crippen LogP contribution in [0.5, 0.6) is 0 Å². The Morgan fingerprint density at radius 1 is 1.60 bits per heavy atom. The van der Waals surface area contributed by atoms with Gasteiger partial charge in [0.25, 0.3) is 6.43 Å². The van der Waals surface area contributed by atoms with E-state index in [1.54, 1.807) is 0 Å². The van der Waals surface area contributed by atoms with Crippen LogP contribution < -0.4 is 0 Å². The average Bonchev–Trinajstić information content (AvgIpc) is 1.88. The van der Waals surface area contributed by atoms with E-state index in [0.717, 1.165) is 6.20 Å². The van der Waals surface area contributed by atoms with Crippen LogP contribution in [0.3, 0.4) is 0 Å². The van der Waals surface area contributed by atoms with E-state index in [1.807, 2.05) is 0 Å². The van der Waals surface area contributed by atoms with Gasteiger partial charge in [0, 0.05) is 12.3 Å². The summed E-state index contributed by atoms with van der Waals surface area (Å²) in [5.74, 6) is -0.481. The fraction of sp³-hybridized carbons (Fsp3) is 0.200. The monoisotopic (exact) mass is 207 g/mol. The maximum atomic E-state index is 11.8. The molecule has 0 atom stereocenters. The third-order valence-corrected chi connectivity index (χ3v) is 1.19. The highest BCUT2D eigenvalue weighted by Gasteiger charge is 2.09. The molecule has 0 saturated heterocycles. The molecule has 0 fully saturated rings. The average molecular weight is 208 g/mol. The molecule has 2 nitrogen and oxygen atoms in total. The van der Waals surface area contributed by atoms with Gasteiger partial charge in [-0.2, -0.15) is 0 Å². The molecule has 10 heavy (non-hydrogen) atoms. The lowest BCUT2D eigenvalue weighted by molar-refractivity contribution is 0.140. The lowest BCUT2D eigenvalue weighted by Crippen LogP contribution is -1.93. The normalized spacial score (nSPS) is 10.4. The molecule has 1 rings (SSSR count). The second-order valence-electron chi connectivity index (χ2n) is 1.46. The number of nitrogens with zero attached hydrogens (tertiary/aromatic N) is 2. The highest BCUT2D eigenvalue weighted by Crippen LogP contribution is 2.14. The van der Waals surface area contributed by atoms with Crippen LogP contribution in [0.15, 0.2) is 10.8 Å². The first-order valence-electron chi connectivity index (χ1n) is 2.38. The van der Waals surface area contributed by atoms with Gasteiger partial charge in [0.15, 0.2) is 5.82 Å². The van der Waals surface area contributed by atoms with Crippen molar-refractivity contribution >= 4 is 15.9 Å². The van der Waals surface area contributed by atoms with E-state index in [1.165, 1.54) is 0 Å². The van der Waals surface area contributed by atoms with E-state index in [-0.39, 0.29) is 4.60 Å². The summed E-state index contributed by atoms with van der Waals surface area (Å²) in [6, 6.07) is 2.49. The summed E-state index contributed by atoms with van der Waals surface area (Å²) in [5, 5.41) is 0. The number of hydrogen-bond donors (Lipinski definition) is 0. The van der Waals surface area contributed by atoms with Gasteiger partial charge in [0.05, 0.1) is 0 Å². The Morgan fingerprint density at radius 2 is 2.30 bits per heavy atom. The largest absolute Gasteiger partial charge is 0.297 e. The molecule has 5 heteroatoms. The van der Waals surface area contributed by atoms with Crippen molar-refractivity contribution in [2.75, 3.05) is 0 Å². The predicted octanol–water partition coefficient (Wildman–Crippen LogP) is 1.98. The van der Waals surface area contributed by atoms with Crippen LogP contribution in [-0.4, -0.2) is 9.97 Å². The summed E-state index contributed by atoms with van der Waals surface area (Å²) < 4.78 is 23.8. The molecule has 0 spiro atoms. The number of halogens is 3. The molecule has 1 aromatic heterocycles. The van der Waals surface area contributed by atoms with Crippen molar-refractivity contribution in [3.8, 4) is 0 Å². The number of hydrogen-bond acceptors (Lipinski definition) is 2. The van der Waals surface area contributed by atoms with Gasteiger partial charge in [-0.25, -0.2) is 18.7 Å². The van der Waals surface area contributed by atoms with E-state index in [9.17, 15) is 8.78 Å². The SMILES string of the molecule is FC(F)c1nc[c]c(Br)n1. The fourth-order valence-corrected chi connectivity index (χ4v) is 0.703. The molecule has 0 unspecified atom stereocenters. The summed E-state index contributed by atoms with van der Waals surface area (Å²) in [6.45, 7) is 0. The van der Waals surface area contributed by atoms with Crippen LogP contribution >= 0.6 is 15.9 Å². The second-order valence-corrected chi connectivity index (χ2v) is 2.22. The zero-order valence-electron chi connectivity index (χ0n) is 4.68. The van der Waals surface area contributed by atoms with E-state index in [4.69, 9.17) is 0 Å². The summed E-state index contributed by atoms with van der Waals surface area (Å²) >= 11 is 2.89. The van der Waals surface area contributed by atoms with E-state index < -0.39 is 12.2 Å². The molecular weight excluding hydrogens is 206 g/mol. The Hall–Kier alpha value is -0.580. The maximum Gasteiger partial charge on any atom is 0.297 e. The standard InChI is InChI=1S/C5H2BrF2N2/c6-3-1-2-9-5(10-3)4(7)8/h2,4H. The van der Waals surface area contributed by atoms with Crippen molar-refractivity contribution in [2.45, 2.75) is 6.43 Å². The molecule has 0 bridgehead atoms. The van der Waals surface area contributed by atoms with E-state index >= 15 is 0 Å². The molecule has 53 valence electrons. The molecule has 0 aromatic carbocycles. The Kier molecular flexibility index (Phi) is 2.26. The van der Waals surface area contributed by atoms with E-state index in [0.29, 0.717) is 0 Å². The molecule has 0 amide bonds. The van der Waals surface area contributed by atoms with Crippen molar-refractivity contribution in [2.24, 2.45) is 0 Å². The van der Waals surface area contributed by atoms with Gasteiger partial charge >= 0.3 is 0 Å². The number of aromatic nitrogens is 2. The first kappa shape index (κ1) is 7.53. The first-order valence-corrected chi connectivity index (χ1v) is 3.17. The zero-order chi connectivity index (χ0) is 7.56. The quantitative estimate of drug-likeness (QED) is 0.659. The van der Waals surface area contributed by atoms with Crippen LogP contribution in [0, 0.1) is 6.07 Å². The molecule has 1 heterocycles. The topological polar surface area (TPSA) is 25.8 Å². The Morgan fingerprint density at radius 3 is 2.70 bits per heavy atom. The maximum absolute atomic E-state index is 11.8. The lowest BCUT2D eigenvalue weighted by atomic mass is 10.6. The summed E-state index contributed by atoms with van der Waals surface area (Å²) in [4.78, 5) is 6.67. The van der Waals surface area contributed by atoms with Crippen LogP contribution in [0.25, 0.3) is 0 Å². The Bertz CT molecular complexity index is 229. The van der Waals surface area contributed by atoms with Gasteiger partial charge < -0.3 is 0 Å². The molecule has 0 saturated carbocycles. The third kappa shape index (κ3) is 1.70. The Balaban J connectivity index is 2.96. The highest BCUT2D eigenvalue weighted by atomic mass is 79.9. The summed E-state index contributed by atoms with van der Waals surface area (Å²) in [6.07, 6.45) is -1.47.